The van der Waals surface area contributed by atoms with Crippen molar-refractivity contribution in [1.29, 1.82) is 0 Å². The zero-order valence-electron chi connectivity index (χ0n) is 19.3. The Labute approximate surface area is 200 Å². The Morgan fingerprint density at radius 1 is 0.971 bits per heavy atom. The van der Waals surface area contributed by atoms with Gasteiger partial charge < -0.3 is 15.5 Å². The lowest BCUT2D eigenvalue weighted by atomic mass is 10.0. The van der Waals surface area contributed by atoms with Crippen LogP contribution in [0.3, 0.4) is 0 Å². The summed E-state index contributed by atoms with van der Waals surface area (Å²) in [5.74, 6) is 0.292. The quantitative estimate of drug-likeness (QED) is 0.365. The number of nitrogens with zero attached hydrogens (tertiary/aromatic N) is 2. The number of nitrogens with one attached hydrogen (secondary N) is 1. The van der Waals surface area contributed by atoms with E-state index in [1.807, 2.05) is 56.3 Å². The van der Waals surface area contributed by atoms with E-state index in [9.17, 15) is 9.59 Å². The third-order valence-corrected chi connectivity index (χ3v) is 6.57. The molecule has 35 heavy (non-hydrogen) atoms. The van der Waals surface area contributed by atoms with Gasteiger partial charge in [-0.1, -0.05) is 6.07 Å². The minimum Gasteiger partial charge on any atom is -0.455 e. The largest absolute Gasteiger partial charge is 0.455 e. The van der Waals surface area contributed by atoms with Crippen LogP contribution in [0.1, 0.15) is 27.2 Å². The topological polar surface area (TPSA) is 103 Å². The van der Waals surface area contributed by atoms with Gasteiger partial charge in [-0.15, -0.1) is 0 Å². The number of aryl methyl sites for hydroxylation is 2. The van der Waals surface area contributed by atoms with Gasteiger partial charge in [0.15, 0.2) is 0 Å². The Balaban J connectivity index is 1.37. The molecule has 0 aliphatic carbocycles. The highest BCUT2D eigenvalue weighted by atomic mass is 16.3. The molecule has 1 amide bonds. The summed E-state index contributed by atoms with van der Waals surface area (Å²) in [7, 11) is 0. The van der Waals surface area contributed by atoms with E-state index in [0.717, 1.165) is 49.6 Å². The molecule has 0 aliphatic rings. The number of pyridine rings is 2. The van der Waals surface area contributed by atoms with Gasteiger partial charge in [0.2, 0.25) is 0 Å². The summed E-state index contributed by atoms with van der Waals surface area (Å²) < 4.78 is 7.73. The number of nitrogens with two attached hydrogens (primary N) is 1. The van der Waals surface area contributed by atoms with Gasteiger partial charge in [-0.05, 0) is 73.5 Å². The van der Waals surface area contributed by atoms with E-state index >= 15 is 0 Å². The molecule has 2 bridgehead atoms. The molecule has 7 nitrogen and oxygen atoms in total. The molecule has 3 N–H and O–H groups in total. The van der Waals surface area contributed by atoms with E-state index in [2.05, 4.69) is 10.3 Å². The number of amides is 1. The lowest BCUT2D eigenvalue weighted by molar-refractivity contribution is 0.0951. The van der Waals surface area contributed by atoms with Crippen molar-refractivity contribution >= 4 is 44.4 Å². The fourth-order valence-electron chi connectivity index (χ4n) is 4.82. The summed E-state index contributed by atoms with van der Waals surface area (Å²) in [4.78, 5) is 29.6. The molecule has 0 fully saturated rings. The van der Waals surface area contributed by atoms with Crippen molar-refractivity contribution in [2.45, 2.75) is 20.4 Å². The predicted octanol–water partition coefficient (Wildman–Crippen LogP) is 4.85. The van der Waals surface area contributed by atoms with Crippen molar-refractivity contribution in [3.05, 3.63) is 99.6 Å². The summed E-state index contributed by atoms with van der Waals surface area (Å²) in [6.45, 7) is 4.21. The minimum absolute atomic E-state index is 0.102. The first-order valence-corrected chi connectivity index (χ1v) is 11.3. The number of nitrogen functional groups attached to an aromatic ring is 1. The van der Waals surface area contributed by atoms with Crippen LogP contribution in [0.2, 0.25) is 0 Å². The number of anilines is 1. The van der Waals surface area contributed by atoms with Crippen LogP contribution in [-0.4, -0.2) is 15.5 Å². The minimum atomic E-state index is -0.179. The molecular weight excluding hydrogens is 440 g/mol. The Bertz CT molecular complexity index is 1810. The van der Waals surface area contributed by atoms with Crippen LogP contribution in [0.15, 0.2) is 76.1 Å². The molecule has 2 aromatic carbocycles. The lowest BCUT2D eigenvalue weighted by Crippen LogP contribution is -2.24. The molecule has 7 heteroatoms. The SMILES string of the molecule is Cc1cc(N)nc(C)c1CNC(=O)c1ccc2c(c1)c1oc2c2ccc(-n3ccccc3=O)cc21. The second-order valence-corrected chi connectivity index (χ2v) is 8.77. The van der Waals surface area contributed by atoms with Crippen LogP contribution < -0.4 is 16.6 Å². The van der Waals surface area contributed by atoms with Gasteiger partial charge >= 0.3 is 0 Å². The molecule has 0 atom stereocenters. The Morgan fingerprint density at radius 2 is 1.71 bits per heavy atom. The summed E-state index contributed by atoms with van der Waals surface area (Å²) in [6.07, 6.45) is 1.74. The highest BCUT2D eigenvalue weighted by Crippen LogP contribution is 2.41. The average molecular weight is 463 g/mol. The monoisotopic (exact) mass is 462 g/mol. The Hall–Kier alpha value is -4.65. The Morgan fingerprint density at radius 3 is 2.49 bits per heavy atom. The molecule has 6 rings (SSSR count). The first-order chi connectivity index (χ1) is 16.9. The van der Waals surface area contributed by atoms with Gasteiger partial charge in [0, 0.05) is 57.3 Å². The normalized spacial score (nSPS) is 11.6. The van der Waals surface area contributed by atoms with Gasteiger partial charge in [0.25, 0.3) is 11.5 Å². The van der Waals surface area contributed by atoms with E-state index in [4.69, 9.17) is 10.2 Å². The van der Waals surface area contributed by atoms with Crippen molar-refractivity contribution in [2.24, 2.45) is 0 Å². The molecular formula is C28H22N4O3. The molecule has 0 aliphatic heterocycles. The van der Waals surface area contributed by atoms with Crippen LogP contribution in [0.5, 0.6) is 0 Å². The molecule has 172 valence electrons. The maximum atomic E-state index is 13.0. The summed E-state index contributed by atoms with van der Waals surface area (Å²) in [6, 6.07) is 18.3. The van der Waals surface area contributed by atoms with E-state index in [0.29, 0.717) is 23.5 Å². The van der Waals surface area contributed by atoms with Gasteiger partial charge in [-0.25, -0.2) is 4.98 Å². The van der Waals surface area contributed by atoms with Crippen LogP contribution in [0.25, 0.3) is 38.4 Å². The first-order valence-electron chi connectivity index (χ1n) is 11.3. The fourth-order valence-corrected chi connectivity index (χ4v) is 4.82. The van der Waals surface area contributed by atoms with E-state index < -0.39 is 0 Å². The average Bonchev–Trinajstić information content (AvgIpc) is 3.40. The van der Waals surface area contributed by atoms with Crippen LogP contribution >= 0.6 is 0 Å². The third kappa shape index (κ3) is 3.32. The van der Waals surface area contributed by atoms with Crippen molar-refractivity contribution in [1.82, 2.24) is 14.9 Å². The second-order valence-electron chi connectivity index (χ2n) is 8.77. The number of furan rings is 2. The Kier molecular flexibility index (Phi) is 4.60. The molecule has 0 saturated carbocycles. The predicted molar refractivity (Wildman–Crippen MR) is 137 cm³/mol. The summed E-state index contributed by atoms with van der Waals surface area (Å²) in [5, 5.41) is 6.73. The lowest BCUT2D eigenvalue weighted by Gasteiger charge is -2.11. The number of hydrogen-bond donors (Lipinski definition) is 2. The molecule has 0 spiro atoms. The third-order valence-electron chi connectivity index (χ3n) is 6.57. The number of rotatable bonds is 4. The van der Waals surface area contributed by atoms with Crippen LogP contribution in [-0.2, 0) is 6.54 Å². The van der Waals surface area contributed by atoms with Crippen molar-refractivity contribution in [2.75, 3.05) is 5.73 Å². The summed E-state index contributed by atoms with van der Waals surface area (Å²) >= 11 is 0. The standard InChI is InChI=1S/C28H22N4O3/c1-15-11-24(29)31-16(2)23(15)14-30-28(34)17-6-8-19-21(12-17)27-22-13-18(7-9-20(22)26(19)35-27)32-10-4-3-5-25(32)33/h3-13H,14H2,1-2H3,(H2,29,31)(H,30,34). The summed E-state index contributed by atoms with van der Waals surface area (Å²) in [5.41, 5.74) is 11.3. The van der Waals surface area contributed by atoms with Gasteiger partial charge in [0.05, 0.1) is 0 Å². The fraction of sp³-hybridized carbons (Fsp3) is 0.107. The number of carbonyl (C=O) groups is 1. The van der Waals surface area contributed by atoms with Gasteiger partial charge in [-0.3, -0.25) is 14.2 Å². The zero-order valence-corrected chi connectivity index (χ0v) is 19.3. The zero-order chi connectivity index (χ0) is 24.3. The molecule has 0 radical (unpaired) electrons. The maximum absolute atomic E-state index is 13.0. The number of benzene rings is 3. The first kappa shape index (κ1) is 20.9. The molecule has 4 heterocycles. The number of aromatic nitrogens is 2. The number of hydrogen-bond acceptors (Lipinski definition) is 5. The molecule has 4 aromatic heterocycles. The molecule has 0 unspecified atom stereocenters. The number of fused-ring (bicyclic) bond motifs is 8. The molecule has 0 saturated heterocycles. The van der Waals surface area contributed by atoms with Crippen LogP contribution in [0.4, 0.5) is 5.82 Å². The van der Waals surface area contributed by atoms with Crippen molar-refractivity contribution < 1.29 is 9.21 Å². The van der Waals surface area contributed by atoms with Crippen molar-refractivity contribution in [3.8, 4) is 5.69 Å². The molecule has 6 aromatic rings. The van der Waals surface area contributed by atoms with Gasteiger partial charge in [0.1, 0.15) is 17.0 Å². The smallest absolute Gasteiger partial charge is 0.255 e. The van der Waals surface area contributed by atoms with Gasteiger partial charge in [-0.2, -0.15) is 0 Å². The highest BCUT2D eigenvalue weighted by Gasteiger charge is 2.19. The van der Waals surface area contributed by atoms with Crippen LogP contribution in [0, 0.1) is 13.8 Å². The van der Waals surface area contributed by atoms with E-state index in [1.165, 1.54) is 6.07 Å². The number of carbonyl (C=O) groups excluding carboxylic acids is 1. The van der Waals surface area contributed by atoms with Crippen molar-refractivity contribution in [3.63, 3.8) is 0 Å². The maximum Gasteiger partial charge on any atom is 0.255 e. The van der Waals surface area contributed by atoms with E-state index in [-0.39, 0.29) is 11.5 Å². The second kappa shape index (κ2) is 7.70. The van der Waals surface area contributed by atoms with E-state index in [1.54, 1.807) is 22.9 Å². The highest BCUT2D eigenvalue weighted by molar-refractivity contribution is 6.26.